The van der Waals surface area contributed by atoms with Gasteiger partial charge in [-0.1, -0.05) is 19.1 Å². The first-order valence-electron chi connectivity index (χ1n) is 7.29. The Labute approximate surface area is 125 Å². The van der Waals surface area contributed by atoms with E-state index in [-0.39, 0.29) is 5.91 Å². The second kappa shape index (κ2) is 7.11. The lowest BCUT2D eigenvalue weighted by atomic mass is 10.0. The Bertz CT molecular complexity index is 495. The Morgan fingerprint density at radius 2 is 1.95 bits per heavy atom. The van der Waals surface area contributed by atoms with E-state index in [4.69, 9.17) is 0 Å². The van der Waals surface area contributed by atoms with Gasteiger partial charge in [-0.2, -0.15) is 0 Å². The Balaban J connectivity index is 1.78. The summed E-state index contributed by atoms with van der Waals surface area (Å²) in [7, 11) is 1.33. The molecule has 0 bridgehead atoms. The number of carbonyl (C=O) groups excluding carboxylic acids is 2. The number of hydrogen-bond acceptors (Lipinski definition) is 3. The van der Waals surface area contributed by atoms with Crippen LogP contribution in [0.5, 0.6) is 0 Å². The zero-order valence-corrected chi connectivity index (χ0v) is 12.5. The third kappa shape index (κ3) is 5.10. The minimum atomic E-state index is -0.457. The molecule has 1 saturated carbocycles. The van der Waals surface area contributed by atoms with Crippen LogP contribution in [0, 0.1) is 11.8 Å². The van der Waals surface area contributed by atoms with E-state index < -0.39 is 6.09 Å². The van der Waals surface area contributed by atoms with Crippen molar-refractivity contribution < 1.29 is 14.3 Å². The number of methoxy groups -OCH3 is 1. The highest BCUT2D eigenvalue weighted by atomic mass is 16.5. The average Bonchev–Trinajstić information content (AvgIpc) is 3.30. The molecule has 5 heteroatoms. The highest BCUT2D eigenvalue weighted by Crippen LogP contribution is 2.38. The summed E-state index contributed by atoms with van der Waals surface area (Å²) in [5.74, 6) is 1.27. The first-order chi connectivity index (χ1) is 10.1. The summed E-state index contributed by atoms with van der Waals surface area (Å²) >= 11 is 0. The van der Waals surface area contributed by atoms with Gasteiger partial charge in [0.1, 0.15) is 0 Å². The first kappa shape index (κ1) is 15.4. The predicted octanol–water partition coefficient (Wildman–Crippen LogP) is 2.92. The molecule has 0 radical (unpaired) electrons. The number of rotatable bonds is 6. The molecule has 1 aliphatic carbocycles. The van der Waals surface area contributed by atoms with Crippen LogP contribution in [-0.4, -0.2) is 19.1 Å². The molecule has 1 atom stereocenters. The van der Waals surface area contributed by atoms with Gasteiger partial charge >= 0.3 is 6.09 Å². The second-order valence-electron chi connectivity index (χ2n) is 5.61. The zero-order chi connectivity index (χ0) is 15.2. The van der Waals surface area contributed by atoms with Crippen LogP contribution in [-0.2, 0) is 16.1 Å². The Morgan fingerprint density at radius 1 is 1.29 bits per heavy atom. The van der Waals surface area contributed by atoms with Crippen LogP contribution in [0.15, 0.2) is 24.3 Å². The quantitative estimate of drug-likeness (QED) is 0.846. The smallest absolute Gasteiger partial charge is 0.407 e. The van der Waals surface area contributed by atoms with Crippen molar-refractivity contribution in [1.82, 2.24) is 5.32 Å². The molecule has 21 heavy (non-hydrogen) atoms. The minimum Gasteiger partial charge on any atom is -0.453 e. The van der Waals surface area contributed by atoms with Gasteiger partial charge in [-0.15, -0.1) is 0 Å². The van der Waals surface area contributed by atoms with Gasteiger partial charge in [-0.25, -0.2) is 4.79 Å². The number of carbonyl (C=O) groups is 2. The molecule has 114 valence electrons. The molecule has 2 rings (SSSR count). The van der Waals surface area contributed by atoms with Crippen molar-refractivity contribution in [2.24, 2.45) is 11.8 Å². The largest absolute Gasteiger partial charge is 0.453 e. The average molecular weight is 290 g/mol. The van der Waals surface area contributed by atoms with Crippen molar-refractivity contribution in [2.75, 3.05) is 12.4 Å². The lowest BCUT2D eigenvalue weighted by Gasteiger charge is -2.11. The van der Waals surface area contributed by atoms with Gasteiger partial charge in [-0.3, -0.25) is 4.79 Å². The summed E-state index contributed by atoms with van der Waals surface area (Å²) in [5, 5.41) is 5.51. The van der Waals surface area contributed by atoms with E-state index in [9.17, 15) is 9.59 Å². The van der Waals surface area contributed by atoms with Crippen LogP contribution < -0.4 is 10.6 Å². The summed E-state index contributed by atoms with van der Waals surface area (Å²) in [6.45, 7) is 2.54. The fourth-order valence-electron chi connectivity index (χ4n) is 2.29. The number of anilines is 1. The number of hydrogen-bond donors (Lipinski definition) is 2. The molecule has 0 aliphatic heterocycles. The summed E-state index contributed by atoms with van der Waals surface area (Å²) in [6.07, 6.45) is 2.64. The van der Waals surface area contributed by atoms with Crippen molar-refractivity contribution in [2.45, 2.75) is 32.7 Å². The standard InChI is InChI=1S/C16H22N2O3/c1-11(13-5-6-13)9-15(19)18-14-7-3-12(4-8-14)10-17-16(20)21-2/h3-4,7-8,11,13H,5-6,9-10H2,1-2H3,(H,17,20)(H,18,19)/t11-/m1/s1. The monoisotopic (exact) mass is 290 g/mol. The fraction of sp³-hybridized carbons (Fsp3) is 0.500. The van der Waals surface area contributed by atoms with Gasteiger partial charge in [0.2, 0.25) is 5.91 Å². The molecule has 0 heterocycles. The van der Waals surface area contributed by atoms with Gasteiger partial charge < -0.3 is 15.4 Å². The topological polar surface area (TPSA) is 67.4 Å². The third-order valence-electron chi connectivity index (χ3n) is 3.79. The lowest BCUT2D eigenvalue weighted by Crippen LogP contribution is -2.22. The van der Waals surface area contributed by atoms with E-state index in [1.54, 1.807) is 0 Å². The number of benzene rings is 1. The van der Waals surface area contributed by atoms with Crippen LogP contribution in [0.3, 0.4) is 0 Å². The zero-order valence-electron chi connectivity index (χ0n) is 12.5. The Morgan fingerprint density at radius 3 is 2.52 bits per heavy atom. The molecule has 2 amide bonds. The molecule has 1 fully saturated rings. The molecular formula is C16H22N2O3. The van der Waals surface area contributed by atoms with Crippen LogP contribution in [0.4, 0.5) is 10.5 Å². The third-order valence-corrected chi connectivity index (χ3v) is 3.79. The number of amides is 2. The van der Waals surface area contributed by atoms with Gasteiger partial charge in [0.05, 0.1) is 7.11 Å². The summed E-state index contributed by atoms with van der Waals surface area (Å²) in [4.78, 5) is 22.9. The highest BCUT2D eigenvalue weighted by molar-refractivity contribution is 5.90. The van der Waals surface area contributed by atoms with E-state index in [1.165, 1.54) is 20.0 Å². The molecule has 0 saturated heterocycles. The molecular weight excluding hydrogens is 268 g/mol. The number of ether oxygens (including phenoxy) is 1. The van der Waals surface area contributed by atoms with E-state index in [0.29, 0.717) is 18.9 Å². The maximum Gasteiger partial charge on any atom is 0.407 e. The van der Waals surface area contributed by atoms with Crippen molar-refractivity contribution >= 4 is 17.7 Å². The van der Waals surface area contributed by atoms with Gasteiger partial charge in [0.15, 0.2) is 0 Å². The summed E-state index contributed by atoms with van der Waals surface area (Å²) in [6, 6.07) is 7.42. The molecule has 1 aromatic carbocycles. The van der Waals surface area contributed by atoms with Crippen LogP contribution in [0.2, 0.25) is 0 Å². The van der Waals surface area contributed by atoms with E-state index in [1.807, 2.05) is 24.3 Å². The van der Waals surface area contributed by atoms with Crippen LogP contribution >= 0.6 is 0 Å². The molecule has 0 unspecified atom stereocenters. The summed E-state index contributed by atoms with van der Waals surface area (Å²) < 4.78 is 4.50. The van der Waals surface area contributed by atoms with Crippen molar-refractivity contribution in [1.29, 1.82) is 0 Å². The number of alkyl carbamates (subject to hydrolysis) is 1. The molecule has 0 aromatic heterocycles. The van der Waals surface area contributed by atoms with Crippen LogP contribution in [0.25, 0.3) is 0 Å². The lowest BCUT2D eigenvalue weighted by molar-refractivity contribution is -0.117. The normalized spacial score (nSPS) is 15.1. The van der Waals surface area contributed by atoms with E-state index in [2.05, 4.69) is 22.3 Å². The maximum atomic E-state index is 11.9. The SMILES string of the molecule is COC(=O)NCc1ccc(NC(=O)C[C@@H](C)C2CC2)cc1. The van der Waals surface area contributed by atoms with Crippen molar-refractivity contribution in [3.05, 3.63) is 29.8 Å². The van der Waals surface area contributed by atoms with Crippen LogP contribution in [0.1, 0.15) is 31.7 Å². The molecule has 2 N–H and O–H groups in total. The number of nitrogens with one attached hydrogen (secondary N) is 2. The van der Waals surface area contributed by atoms with Gasteiger partial charge in [0, 0.05) is 18.7 Å². The van der Waals surface area contributed by atoms with Crippen molar-refractivity contribution in [3.8, 4) is 0 Å². The minimum absolute atomic E-state index is 0.0647. The van der Waals surface area contributed by atoms with Gasteiger partial charge in [-0.05, 0) is 42.4 Å². The van der Waals surface area contributed by atoms with E-state index >= 15 is 0 Å². The highest BCUT2D eigenvalue weighted by Gasteiger charge is 2.29. The van der Waals surface area contributed by atoms with E-state index in [0.717, 1.165) is 17.2 Å². The maximum absolute atomic E-state index is 11.9. The Kier molecular flexibility index (Phi) is 5.20. The first-order valence-corrected chi connectivity index (χ1v) is 7.29. The Hall–Kier alpha value is -2.04. The molecule has 1 aromatic rings. The van der Waals surface area contributed by atoms with Gasteiger partial charge in [0.25, 0.3) is 0 Å². The fourth-order valence-corrected chi connectivity index (χ4v) is 2.29. The molecule has 1 aliphatic rings. The van der Waals surface area contributed by atoms with Crippen molar-refractivity contribution in [3.63, 3.8) is 0 Å². The molecule has 5 nitrogen and oxygen atoms in total. The second-order valence-corrected chi connectivity index (χ2v) is 5.61. The predicted molar refractivity (Wildman–Crippen MR) is 80.8 cm³/mol. The summed E-state index contributed by atoms with van der Waals surface area (Å²) in [5.41, 5.74) is 1.73. The molecule has 0 spiro atoms.